The molecule has 0 aliphatic heterocycles. The third-order valence-electron chi connectivity index (χ3n) is 4.18. The van der Waals surface area contributed by atoms with Crippen LogP contribution < -0.4 is 14.0 Å². The van der Waals surface area contributed by atoms with E-state index in [9.17, 15) is 0 Å². The molecule has 0 aliphatic rings. The van der Waals surface area contributed by atoms with Crippen LogP contribution in [0, 0.1) is 10.2 Å². The topological polar surface area (TPSA) is 89.4 Å². The Kier molecular flexibility index (Phi) is 19.1. The molecule has 0 heterocycles. The molecule has 1 N–H and O–H groups in total. The molecule has 0 aromatic carbocycles. The summed E-state index contributed by atoms with van der Waals surface area (Å²) in [4.78, 5) is 0. The first-order valence-electron chi connectivity index (χ1n) is 10.00. The summed E-state index contributed by atoms with van der Waals surface area (Å²) in [6.45, 7) is 3.63. The molecule has 0 saturated carbocycles. The molecule has 25 heavy (non-hydrogen) atoms. The number of rotatable bonds is 15. The van der Waals surface area contributed by atoms with Crippen molar-refractivity contribution in [3.63, 3.8) is 0 Å². The summed E-state index contributed by atoms with van der Waals surface area (Å²) in [5.41, 5.74) is 0. The van der Waals surface area contributed by atoms with Gasteiger partial charge in [0.05, 0.1) is 42.6 Å². The van der Waals surface area contributed by atoms with E-state index >= 15 is 0 Å². The molecule has 0 rings (SSSR count). The van der Waals surface area contributed by atoms with Gasteiger partial charge in [-0.15, -0.1) is 0 Å². The summed E-state index contributed by atoms with van der Waals surface area (Å²) < 4.78 is 33.8. The van der Waals surface area contributed by atoms with Crippen LogP contribution in [0.4, 0.5) is 0 Å². The van der Waals surface area contributed by atoms with Crippen LogP contribution in [0.2, 0.25) is 0 Å². The predicted molar refractivity (Wildman–Crippen MR) is 95.4 cm³/mol. The van der Waals surface area contributed by atoms with Gasteiger partial charge in [0.25, 0.3) is 0 Å². The highest BCUT2D eigenvalue weighted by atomic mass is 35.7. The predicted octanol–water partition coefficient (Wildman–Crippen LogP) is 2.05. The van der Waals surface area contributed by atoms with Crippen molar-refractivity contribution in [2.45, 2.75) is 96.8 Å². The molecule has 0 spiro atoms. The highest BCUT2D eigenvalue weighted by Gasteiger charge is 2.04. The van der Waals surface area contributed by atoms with Gasteiger partial charge in [0, 0.05) is 0 Å². The minimum absolute atomic E-state index is 1.12. The summed E-state index contributed by atoms with van der Waals surface area (Å²) in [7, 11) is 2.19. The molecule has 0 saturated heterocycles. The Hall–Kier alpha value is 0.0900. The Bertz CT molecular complexity index is 259. The fourth-order valence-corrected chi connectivity index (χ4v) is 2.78. The fraction of sp³-hybridized carbons (Fsp3) is 1.00. The van der Waals surface area contributed by atoms with Crippen molar-refractivity contribution >= 4 is 0 Å². The van der Waals surface area contributed by atoms with Crippen LogP contribution >= 0.6 is 0 Å². The van der Waals surface area contributed by atoms with E-state index in [1.54, 1.807) is 0 Å². The zero-order valence-electron chi connectivity index (χ0n) is 17.1. The second-order valence-electron chi connectivity index (χ2n) is 8.01. The first-order valence-corrected chi connectivity index (χ1v) is 11.3. The Morgan fingerprint density at radius 1 is 0.600 bits per heavy atom. The van der Waals surface area contributed by atoms with Gasteiger partial charge in [-0.05, 0) is 12.8 Å². The number of quaternary nitrogens is 1. The molecular formula is C19H43ClNO4+. The zero-order chi connectivity index (χ0) is 19.6. The molecule has 0 atom stereocenters. The molecule has 0 amide bonds. The van der Waals surface area contributed by atoms with E-state index in [0.29, 0.717) is 0 Å². The van der Waals surface area contributed by atoms with Crippen LogP contribution in [0.5, 0.6) is 0 Å². The number of hydrogen-bond acceptors (Lipinski definition) is 4. The van der Waals surface area contributed by atoms with Gasteiger partial charge in [-0.1, -0.05) is 84.0 Å². The summed E-state index contributed by atoms with van der Waals surface area (Å²) in [5, 5.41) is 0. The van der Waals surface area contributed by atoms with Gasteiger partial charge in [0.15, 0.2) is 0 Å². The molecular weight excluding hydrogens is 342 g/mol. The minimum Gasteiger partial charge on any atom is -0.331 e. The highest BCUT2D eigenvalue weighted by molar-refractivity contribution is 4.49. The van der Waals surface area contributed by atoms with Gasteiger partial charge in [0.1, 0.15) is 0 Å². The maximum absolute atomic E-state index is 8.60. The van der Waals surface area contributed by atoms with Crippen LogP contribution in [0.25, 0.3) is 0 Å². The first kappa shape index (κ1) is 27.3. The van der Waals surface area contributed by atoms with Crippen LogP contribution in [-0.2, 0) is 0 Å². The average molecular weight is 385 g/mol. The Balaban J connectivity index is 0. The third kappa shape index (κ3) is 40.2. The Morgan fingerprint density at radius 3 is 1.08 bits per heavy atom. The molecule has 0 bridgehead atoms. The van der Waals surface area contributed by atoms with Crippen molar-refractivity contribution in [2.24, 2.45) is 0 Å². The zero-order valence-corrected chi connectivity index (χ0v) is 17.9. The number of unbranched alkanes of at least 4 members (excludes halogenated alkanes) is 13. The maximum atomic E-state index is 8.60. The summed E-state index contributed by atoms with van der Waals surface area (Å²) >= 11 is 0. The van der Waals surface area contributed by atoms with Gasteiger partial charge >= 0.3 is 0 Å². The van der Waals surface area contributed by atoms with E-state index in [1.165, 1.54) is 96.4 Å². The van der Waals surface area contributed by atoms with E-state index < -0.39 is 10.2 Å². The molecule has 0 aliphatic carbocycles. The minimum atomic E-state index is -4.69. The third-order valence-corrected chi connectivity index (χ3v) is 4.18. The largest absolute Gasteiger partial charge is 0.331 e. The van der Waals surface area contributed by atoms with Crippen LogP contribution in [0.1, 0.15) is 96.8 Å². The van der Waals surface area contributed by atoms with Crippen molar-refractivity contribution in [1.82, 2.24) is 0 Å². The van der Waals surface area contributed by atoms with E-state index in [2.05, 4.69) is 28.1 Å². The quantitative estimate of drug-likeness (QED) is 0.345. The molecule has 0 aromatic rings. The number of nitrogens with zero attached hydrogens (tertiary/aromatic N) is 1. The van der Waals surface area contributed by atoms with E-state index in [-0.39, 0.29) is 0 Å². The second-order valence-corrected chi connectivity index (χ2v) is 8.80. The SMILES string of the molecule is CCCCCCCCCCCCCCCC[N+](C)(C)C.[O-][Cl+3]([O-])([O-])O. The van der Waals surface area contributed by atoms with E-state index in [0.717, 1.165) is 4.48 Å². The van der Waals surface area contributed by atoms with Crippen molar-refractivity contribution in [3.05, 3.63) is 0 Å². The number of halogens is 1. The number of hydrogen-bond donors (Lipinski definition) is 1. The Morgan fingerprint density at radius 2 is 0.840 bits per heavy atom. The Labute approximate surface area is 158 Å². The molecule has 0 fully saturated rings. The second kappa shape index (κ2) is 17.5. The lowest BCUT2D eigenvalue weighted by Crippen LogP contribution is -2.58. The summed E-state index contributed by atoms with van der Waals surface area (Å²) in [5.74, 6) is 0. The van der Waals surface area contributed by atoms with Crippen LogP contribution in [0.3, 0.4) is 0 Å². The van der Waals surface area contributed by atoms with Crippen molar-refractivity contribution in [3.8, 4) is 0 Å². The smallest absolute Gasteiger partial charge is 0.0780 e. The molecule has 6 heteroatoms. The average Bonchev–Trinajstić information content (AvgIpc) is 2.45. The first-order chi connectivity index (χ1) is 11.6. The normalized spacial score (nSPS) is 12.0. The van der Waals surface area contributed by atoms with Gasteiger partial charge in [-0.3, -0.25) is 0 Å². The molecule has 5 nitrogen and oxygen atoms in total. The summed E-state index contributed by atoms with van der Waals surface area (Å²) in [6.07, 6.45) is 20.4. The highest BCUT2D eigenvalue weighted by Crippen LogP contribution is 2.13. The van der Waals surface area contributed by atoms with E-state index in [4.69, 9.17) is 18.6 Å². The maximum Gasteiger partial charge on any atom is 0.0780 e. The van der Waals surface area contributed by atoms with Crippen molar-refractivity contribution < 1.29 is 33.4 Å². The van der Waals surface area contributed by atoms with E-state index in [1.807, 2.05) is 0 Å². The molecule has 0 unspecified atom stereocenters. The standard InChI is InChI=1S/C19H42N.ClHO4/c1-5-6-7-8-9-10-11-12-13-14-15-16-17-18-19-20(2,3)4;2-1(3,4)5/h5-19H2,1-4H3;(H,2,3,4,5)/q+1;. The van der Waals surface area contributed by atoms with Crippen LogP contribution in [-0.4, -0.2) is 36.8 Å². The van der Waals surface area contributed by atoms with Crippen LogP contribution in [0.15, 0.2) is 0 Å². The molecule has 0 aromatic heterocycles. The van der Waals surface area contributed by atoms with Gasteiger partial charge in [-0.2, -0.15) is 14.0 Å². The lowest BCUT2D eigenvalue weighted by atomic mass is 10.0. The van der Waals surface area contributed by atoms with Crippen molar-refractivity contribution in [1.29, 1.82) is 0 Å². The molecule has 0 radical (unpaired) electrons. The fourth-order valence-electron chi connectivity index (χ4n) is 2.78. The lowest BCUT2D eigenvalue weighted by Gasteiger charge is -2.23. The lowest BCUT2D eigenvalue weighted by molar-refractivity contribution is -1.92. The van der Waals surface area contributed by atoms with Crippen molar-refractivity contribution in [2.75, 3.05) is 27.7 Å². The van der Waals surface area contributed by atoms with Gasteiger partial charge < -0.3 is 4.48 Å². The monoisotopic (exact) mass is 384 g/mol. The molecule has 154 valence electrons. The summed E-state index contributed by atoms with van der Waals surface area (Å²) in [6, 6.07) is 0. The van der Waals surface area contributed by atoms with Gasteiger partial charge in [0.2, 0.25) is 0 Å². The van der Waals surface area contributed by atoms with Gasteiger partial charge in [-0.25, -0.2) is 0 Å².